The lowest BCUT2D eigenvalue weighted by molar-refractivity contribution is -0.140. The van der Waals surface area contributed by atoms with Crippen molar-refractivity contribution in [2.45, 2.75) is 56.8 Å². The Hall–Kier alpha value is -0.650. The molecule has 0 aromatic rings. The lowest BCUT2D eigenvalue weighted by Gasteiger charge is -2.32. The number of nitrogens with two attached hydrogens (primary N) is 1. The van der Waals surface area contributed by atoms with Gasteiger partial charge in [0.2, 0.25) is 0 Å². The number of hydrogen-bond donors (Lipinski definition) is 4. The van der Waals surface area contributed by atoms with Gasteiger partial charge in [0.05, 0.1) is 24.7 Å². The molecule has 0 aromatic carbocycles. The Morgan fingerprint density at radius 2 is 1.81 bits per heavy atom. The molecule has 1 saturated carbocycles. The Kier molecular flexibility index (Phi) is 5.18. The molecule has 0 bridgehead atoms. The molecule has 0 saturated heterocycles. The van der Waals surface area contributed by atoms with Crippen LogP contribution in [0.15, 0.2) is 0 Å². The summed E-state index contributed by atoms with van der Waals surface area (Å²) in [5.41, 5.74) is 5.68. The van der Waals surface area contributed by atoms with Gasteiger partial charge < -0.3 is 21.1 Å². The third kappa shape index (κ3) is 3.73. The maximum atomic E-state index is 10.4. The summed E-state index contributed by atoms with van der Waals surface area (Å²) in [6.07, 6.45) is 2.77. The highest BCUT2D eigenvalue weighted by Gasteiger charge is 2.31. The van der Waals surface area contributed by atoms with Crippen molar-refractivity contribution in [3.05, 3.63) is 0 Å². The fourth-order valence-corrected chi connectivity index (χ4v) is 2.33. The van der Waals surface area contributed by atoms with Gasteiger partial charge in [-0.25, -0.2) is 0 Å². The van der Waals surface area contributed by atoms with Crippen LogP contribution in [0.3, 0.4) is 0 Å². The molecule has 5 nitrogen and oxygen atoms in total. The average molecular weight is 231 g/mol. The first-order chi connectivity index (χ1) is 7.52. The Balaban J connectivity index is 2.44. The first-order valence-electron chi connectivity index (χ1n) is 5.86. The van der Waals surface area contributed by atoms with Gasteiger partial charge >= 0.3 is 5.97 Å². The molecule has 0 aliphatic heterocycles. The Labute approximate surface area is 95.3 Å². The van der Waals surface area contributed by atoms with E-state index in [4.69, 9.17) is 10.8 Å². The first-order valence-corrected chi connectivity index (χ1v) is 5.86. The van der Waals surface area contributed by atoms with Gasteiger partial charge in [0.1, 0.15) is 0 Å². The maximum Gasteiger partial charge on any atom is 0.306 e. The van der Waals surface area contributed by atoms with E-state index >= 15 is 0 Å². The van der Waals surface area contributed by atoms with Gasteiger partial charge in [-0.2, -0.15) is 0 Å². The third-order valence-electron chi connectivity index (χ3n) is 3.36. The molecule has 0 spiro atoms. The molecule has 3 atom stereocenters. The summed E-state index contributed by atoms with van der Waals surface area (Å²) in [5, 5.41) is 28.0. The highest BCUT2D eigenvalue weighted by Crippen LogP contribution is 2.28. The van der Waals surface area contributed by atoms with Gasteiger partial charge in [-0.3, -0.25) is 4.79 Å². The van der Waals surface area contributed by atoms with E-state index in [0.717, 1.165) is 25.7 Å². The molecule has 94 valence electrons. The number of rotatable bonds is 5. The normalized spacial score (nSPS) is 23.7. The number of carboxylic acid groups (broad SMARTS) is 1. The van der Waals surface area contributed by atoms with Crippen molar-refractivity contribution in [3.8, 4) is 0 Å². The van der Waals surface area contributed by atoms with Gasteiger partial charge in [0.15, 0.2) is 0 Å². The predicted molar refractivity (Wildman–Crippen MR) is 58.8 cm³/mol. The highest BCUT2D eigenvalue weighted by atomic mass is 16.4. The van der Waals surface area contributed by atoms with Gasteiger partial charge in [0.25, 0.3) is 0 Å². The third-order valence-corrected chi connectivity index (χ3v) is 3.36. The fourth-order valence-electron chi connectivity index (χ4n) is 2.33. The standard InChI is InChI=1S/C11H21NO4/c12-10(8(13)6-9(14)15)11(16)7-4-2-1-3-5-7/h7-8,10-11,13,16H,1-6,12H2,(H,14,15)/t8-,10+,11-/m0/s1. The second kappa shape index (κ2) is 6.18. The molecule has 1 aliphatic rings. The van der Waals surface area contributed by atoms with E-state index in [9.17, 15) is 15.0 Å². The molecule has 1 rings (SSSR count). The van der Waals surface area contributed by atoms with Crippen LogP contribution >= 0.6 is 0 Å². The van der Waals surface area contributed by atoms with Crippen LogP contribution in [0.1, 0.15) is 38.5 Å². The van der Waals surface area contributed by atoms with E-state index in [1.165, 1.54) is 6.42 Å². The lowest BCUT2D eigenvalue weighted by atomic mass is 9.81. The van der Waals surface area contributed by atoms with Crippen LogP contribution in [0.2, 0.25) is 0 Å². The maximum absolute atomic E-state index is 10.4. The number of carboxylic acids is 1. The van der Waals surface area contributed by atoms with Gasteiger partial charge in [-0.1, -0.05) is 19.3 Å². The predicted octanol–water partition coefficient (Wildman–Crippen LogP) is 0.0905. The van der Waals surface area contributed by atoms with Crippen LogP contribution < -0.4 is 5.73 Å². The van der Waals surface area contributed by atoms with Gasteiger partial charge in [-0.15, -0.1) is 0 Å². The summed E-state index contributed by atoms with van der Waals surface area (Å²) >= 11 is 0. The van der Waals surface area contributed by atoms with E-state index in [-0.39, 0.29) is 5.92 Å². The van der Waals surface area contributed by atoms with Crippen molar-refractivity contribution in [2.24, 2.45) is 11.7 Å². The minimum absolute atomic E-state index is 0.104. The quantitative estimate of drug-likeness (QED) is 0.537. The van der Waals surface area contributed by atoms with Crippen LogP contribution in [0.25, 0.3) is 0 Å². The Morgan fingerprint density at radius 3 is 2.31 bits per heavy atom. The number of aliphatic hydroxyl groups excluding tert-OH is 2. The number of aliphatic carboxylic acids is 1. The SMILES string of the molecule is N[C@H]([C@@H](O)CC(=O)O)[C@@H](O)C1CCCCC1. The van der Waals surface area contributed by atoms with Gasteiger partial charge in [-0.05, 0) is 18.8 Å². The van der Waals surface area contributed by atoms with Crippen molar-refractivity contribution >= 4 is 5.97 Å². The Bertz CT molecular complexity index is 228. The minimum Gasteiger partial charge on any atom is -0.481 e. The number of hydrogen-bond acceptors (Lipinski definition) is 4. The molecule has 1 fully saturated rings. The van der Waals surface area contributed by atoms with Crippen molar-refractivity contribution in [3.63, 3.8) is 0 Å². The average Bonchev–Trinajstić information content (AvgIpc) is 2.27. The van der Waals surface area contributed by atoms with Crippen LogP contribution in [-0.4, -0.2) is 39.5 Å². The summed E-state index contributed by atoms with van der Waals surface area (Å²) < 4.78 is 0. The van der Waals surface area contributed by atoms with Crippen molar-refractivity contribution in [1.29, 1.82) is 0 Å². The smallest absolute Gasteiger partial charge is 0.306 e. The second-order valence-electron chi connectivity index (χ2n) is 4.63. The van der Waals surface area contributed by atoms with Crippen molar-refractivity contribution < 1.29 is 20.1 Å². The molecule has 0 unspecified atom stereocenters. The molecule has 1 aliphatic carbocycles. The molecule has 0 radical (unpaired) electrons. The van der Waals surface area contributed by atoms with Crippen molar-refractivity contribution in [2.75, 3.05) is 0 Å². The first kappa shape index (κ1) is 13.4. The van der Waals surface area contributed by atoms with Gasteiger partial charge in [0, 0.05) is 0 Å². The van der Waals surface area contributed by atoms with E-state index in [1.807, 2.05) is 0 Å². The lowest BCUT2D eigenvalue weighted by Crippen LogP contribution is -2.49. The zero-order chi connectivity index (χ0) is 12.1. The molecule has 0 aromatic heterocycles. The summed E-state index contributed by atoms with van der Waals surface area (Å²) in [6.45, 7) is 0. The van der Waals surface area contributed by atoms with E-state index < -0.39 is 30.6 Å². The topological polar surface area (TPSA) is 104 Å². The van der Waals surface area contributed by atoms with Crippen LogP contribution in [-0.2, 0) is 4.79 Å². The molecule has 16 heavy (non-hydrogen) atoms. The fraction of sp³-hybridized carbons (Fsp3) is 0.909. The monoisotopic (exact) mass is 231 g/mol. The van der Waals surface area contributed by atoms with Crippen LogP contribution in [0.5, 0.6) is 0 Å². The molecule has 0 heterocycles. The largest absolute Gasteiger partial charge is 0.481 e. The Morgan fingerprint density at radius 1 is 1.25 bits per heavy atom. The zero-order valence-corrected chi connectivity index (χ0v) is 9.38. The summed E-state index contributed by atoms with van der Waals surface area (Å²) in [4.78, 5) is 10.4. The van der Waals surface area contributed by atoms with E-state index in [0.29, 0.717) is 0 Å². The van der Waals surface area contributed by atoms with Crippen LogP contribution in [0, 0.1) is 5.92 Å². The number of aliphatic hydroxyl groups is 2. The minimum atomic E-state index is -1.17. The van der Waals surface area contributed by atoms with Crippen LogP contribution in [0.4, 0.5) is 0 Å². The second-order valence-corrected chi connectivity index (χ2v) is 4.63. The molecular formula is C11H21NO4. The molecule has 0 amide bonds. The summed E-state index contributed by atoms with van der Waals surface area (Å²) in [7, 11) is 0. The van der Waals surface area contributed by atoms with Crippen molar-refractivity contribution in [1.82, 2.24) is 0 Å². The number of carbonyl (C=O) groups is 1. The molecule has 5 heteroatoms. The highest BCUT2D eigenvalue weighted by molar-refractivity contribution is 5.67. The molecule has 5 N–H and O–H groups in total. The summed E-state index contributed by atoms with van der Waals surface area (Å²) in [5.74, 6) is -0.994. The zero-order valence-electron chi connectivity index (χ0n) is 9.38. The molecular weight excluding hydrogens is 210 g/mol. The summed E-state index contributed by atoms with van der Waals surface area (Å²) in [6, 6.07) is -0.862. The van der Waals surface area contributed by atoms with E-state index in [1.54, 1.807) is 0 Å². The van der Waals surface area contributed by atoms with E-state index in [2.05, 4.69) is 0 Å².